The minimum atomic E-state index is -0.559. The van der Waals surface area contributed by atoms with E-state index in [4.69, 9.17) is 14.6 Å². The molecule has 0 aliphatic heterocycles. The van der Waals surface area contributed by atoms with Crippen LogP contribution in [0.1, 0.15) is 29.7 Å². The quantitative estimate of drug-likeness (QED) is 0.319. The molecule has 3 aromatic rings. The van der Waals surface area contributed by atoms with E-state index >= 15 is 0 Å². The van der Waals surface area contributed by atoms with Gasteiger partial charge in [-0.05, 0) is 51.0 Å². The summed E-state index contributed by atoms with van der Waals surface area (Å²) in [7, 11) is 0. The van der Waals surface area contributed by atoms with E-state index in [1.54, 1.807) is 6.08 Å². The molecule has 0 saturated heterocycles. The predicted molar refractivity (Wildman–Crippen MR) is 130 cm³/mol. The molecule has 1 atom stereocenters. The first-order chi connectivity index (χ1) is 16.0. The molecule has 0 radical (unpaired) electrons. The molecule has 4 rings (SSSR count). The molecule has 174 valence electrons. The van der Waals surface area contributed by atoms with E-state index in [0.29, 0.717) is 38.2 Å². The van der Waals surface area contributed by atoms with Crippen LogP contribution < -0.4 is 4.74 Å². The van der Waals surface area contributed by atoms with Gasteiger partial charge < -0.3 is 14.6 Å². The second-order valence-electron chi connectivity index (χ2n) is 8.67. The van der Waals surface area contributed by atoms with Crippen LogP contribution in [0.15, 0.2) is 67.3 Å². The number of aryl methyl sites for hydroxylation is 2. The van der Waals surface area contributed by atoms with Gasteiger partial charge in [-0.1, -0.05) is 42.0 Å². The third-order valence-corrected chi connectivity index (χ3v) is 5.79. The fourth-order valence-electron chi connectivity index (χ4n) is 3.88. The van der Waals surface area contributed by atoms with Gasteiger partial charge in [0.05, 0.1) is 36.3 Å². The van der Waals surface area contributed by atoms with Gasteiger partial charge in [0, 0.05) is 19.1 Å². The molecule has 1 aliphatic rings. The summed E-state index contributed by atoms with van der Waals surface area (Å²) < 4.78 is 13.8. The molecule has 1 aromatic heterocycles. The van der Waals surface area contributed by atoms with E-state index in [0.717, 1.165) is 35.5 Å². The molecule has 33 heavy (non-hydrogen) atoms. The van der Waals surface area contributed by atoms with Crippen molar-refractivity contribution in [2.24, 2.45) is 0 Å². The molecule has 1 saturated carbocycles. The molecular formula is C27H33N3O3. The zero-order valence-electron chi connectivity index (χ0n) is 19.5. The highest BCUT2D eigenvalue weighted by Gasteiger charge is 2.32. The van der Waals surface area contributed by atoms with E-state index in [1.807, 2.05) is 66.2 Å². The van der Waals surface area contributed by atoms with Crippen LogP contribution in [0.5, 0.6) is 11.6 Å². The summed E-state index contributed by atoms with van der Waals surface area (Å²) in [4.78, 5) is 2.32. The smallest absolute Gasteiger partial charge is 0.227 e. The number of aliphatic hydroxyl groups excluding tert-OH is 1. The summed E-state index contributed by atoms with van der Waals surface area (Å²) in [6.45, 7) is 9.68. The maximum absolute atomic E-state index is 10.5. The second kappa shape index (κ2) is 10.8. The maximum Gasteiger partial charge on any atom is 0.227 e. The number of rotatable bonds is 12. The number of aromatic nitrogens is 2. The summed E-state index contributed by atoms with van der Waals surface area (Å²) in [5, 5.41) is 15.4. The van der Waals surface area contributed by atoms with E-state index < -0.39 is 6.10 Å². The Hall–Kier alpha value is -2.93. The van der Waals surface area contributed by atoms with Gasteiger partial charge in [0.1, 0.15) is 5.75 Å². The van der Waals surface area contributed by atoms with Crippen LogP contribution in [0.3, 0.4) is 0 Å². The highest BCUT2D eigenvalue weighted by atomic mass is 16.5. The number of hydrogen-bond donors (Lipinski definition) is 1. The first-order valence-electron chi connectivity index (χ1n) is 11.5. The van der Waals surface area contributed by atoms with E-state index in [9.17, 15) is 5.11 Å². The number of benzene rings is 2. The summed E-state index contributed by atoms with van der Waals surface area (Å²) in [6.07, 6.45) is 3.42. The standard InChI is InChI=1S/C27H33N3O3/c1-4-16-32-19-24(31)17-29(22-12-13-22)18-26-21(3)28-30(23-8-6-5-7-9-23)27(26)33-25-14-10-20(2)11-15-25/h4-11,14-15,22,24,31H,1,12-13,16-19H2,2-3H3/t24-/m1/s1. The Morgan fingerprint density at radius 2 is 1.88 bits per heavy atom. The maximum atomic E-state index is 10.5. The molecule has 6 heteroatoms. The van der Waals surface area contributed by atoms with Crippen LogP contribution in [-0.4, -0.2) is 51.7 Å². The van der Waals surface area contributed by atoms with Crippen molar-refractivity contribution < 1.29 is 14.6 Å². The Bertz CT molecular complexity index is 1040. The van der Waals surface area contributed by atoms with Crippen LogP contribution >= 0.6 is 0 Å². The van der Waals surface area contributed by atoms with Crippen molar-refractivity contribution in [1.82, 2.24) is 14.7 Å². The molecule has 1 aliphatic carbocycles. The van der Waals surface area contributed by atoms with Gasteiger partial charge in [-0.25, -0.2) is 4.68 Å². The van der Waals surface area contributed by atoms with Gasteiger partial charge in [-0.15, -0.1) is 6.58 Å². The van der Waals surface area contributed by atoms with E-state index in [-0.39, 0.29) is 0 Å². The van der Waals surface area contributed by atoms with Crippen molar-refractivity contribution in [2.45, 2.75) is 45.4 Å². The molecule has 0 bridgehead atoms. The van der Waals surface area contributed by atoms with Crippen LogP contribution in [0.25, 0.3) is 5.69 Å². The Balaban J connectivity index is 1.62. The lowest BCUT2D eigenvalue weighted by atomic mass is 10.2. The molecule has 0 spiro atoms. The fourth-order valence-corrected chi connectivity index (χ4v) is 3.88. The van der Waals surface area contributed by atoms with E-state index in [1.165, 1.54) is 5.56 Å². The third kappa shape index (κ3) is 6.11. The molecule has 2 aromatic carbocycles. The van der Waals surface area contributed by atoms with Crippen molar-refractivity contribution in [3.8, 4) is 17.3 Å². The predicted octanol–water partition coefficient (Wildman–Crippen LogP) is 4.81. The van der Waals surface area contributed by atoms with Gasteiger partial charge in [0.25, 0.3) is 0 Å². The molecule has 0 unspecified atom stereocenters. The fraction of sp³-hybridized carbons (Fsp3) is 0.370. The van der Waals surface area contributed by atoms with Gasteiger partial charge in [-0.2, -0.15) is 5.10 Å². The Morgan fingerprint density at radius 3 is 2.55 bits per heavy atom. The summed E-state index contributed by atoms with van der Waals surface area (Å²) >= 11 is 0. The molecule has 1 N–H and O–H groups in total. The number of aliphatic hydroxyl groups is 1. The van der Waals surface area contributed by atoms with Crippen molar-refractivity contribution in [2.75, 3.05) is 19.8 Å². The number of nitrogens with zero attached hydrogens (tertiary/aromatic N) is 3. The van der Waals surface area contributed by atoms with Crippen LogP contribution in [0, 0.1) is 13.8 Å². The van der Waals surface area contributed by atoms with Gasteiger partial charge in [0.2, 0.25) is 5.88 Å². The SMILES string of the molecule is C=CCOC[C@H](O)CN(Cc1c(C)nn(-c2ccccc2)c1Oc1ccc(C)cc1)C1CC1. The molecular weight excluding hydrogens is 414 g/mol. The minimum Gasteiger partial charge on any atom is -0.439 e. The summed E-state index contributed by atoms with van der Waals surface area (Å²) in [5.74, 6) is 1.49. The highest BCUT2D eigenvalue weighted by molar-refractivity contribution is 5.43. The largest absolute Gasteiger partial charge is 0.439 e. The normalized spacial score (nSPS) is 14.4. The number of hydrogen-bond acceptors (Lipinski definition) is 5. The second-order valence-corrected chi connectivity index (χ2v) is 8.67. The zero-order valence-corrected chi connectivity index (χ0v) is 19.5. The average Bonchev–Trinajstić information content (AvgIpc) is 3.62. The third-order valence-electron chi connectivity index (χ3n) is 5.79. The van der Waals surface area contributed by atoms with Crippen LogP contribution in [0.2, 0.25) is 0 Å². The Morgan fingerprint density at radius 1 is 1.15 bits per heavy atom. The summed E-state index contributed by atoms with van der Waals surface area (Å²) in [6, 6.07) is 18.6. The van der Waals surface area contributed by atoms with Crippen LogP contribution in [0.4, 0.5) is 0 Å². The van der Waals surface area contributed by atoms with E-state index in [2.05, 4.69) is 18.4 Å². The van der Waals surface area contributed by atoms with Crippen molar-refractivity contribution in [3.05, 3.63) is 84.1 Å². The number of para-hydroxylation sites is 1. The summed E-state index contributed by atoms with van der Waals surface area (Å²) in [5.41, 5.74) is 4.09. The molecule has 1 fully saturated rings. The van der Waals surface area contributed by atoms with Gasteiger partial charge >= 0.3 is 0 Å². The number of ether oxygens (including phenoxy) is 2. The lowest BCUT2D eigenvalue weighted by molar-refractivity contribution is 0.0226. The first kappa shape index (κ1) is 23.2. The highest BCUT2D eigenvalue weighted by Crippen LogP contribution is 2.35. The topological polar surface area (TPSA) is 59.8 Å². The lowest BCUT2D eigenvalue weighted by Gasteiger charge is -2.25. The average molecular weight is 448 g/mol. The molecule has 6 nitrogen and oxygen atoms in total. The zero-order chi connectivity index (χ0) is 23.2. The van der Waals surface area contributed by atoms with Crippen molar-refractivity contribution in [3.63, 3.8) is 0 Å². The van der Waals surface area contributed by atoms with Crippen molar-refractivity contribution >= 4 is 0 Å². The lowest BCUT2D eigenvalue weighted by Crippen LogP contribution is -2.36. The molecule has 0 amide bonds. The molecule has 1 heterocycles. The van der Waals surface area contributed by atoms with Gasteiger partial charge in [-0.3, -0.25) is 4.90 Å². The minimum absolute atomic E-state index is 0.296. The first-order valence-corrected chi connectivity index (χ1v) is 11.5. The van der Waals surface area contributed by atoms with Gasteiger partial charge in [0.15, 0.2) is 0 Å². The Labute approximate surface area is 196 Å². The Kier molecular flexibility index (Phi) is 7.60. The monoisotopic (exact) mass is 447 g/mol. The van der Waals surface area contributed by atoms with Crippen molar-refractivity contribution in [1.29, 1.82) is 0 Å². The van der Waals surface area contributed by atoms with Crippen LogP contribution in [-0.2, 0) is 11.3 Å².